The van der Waals surface area contributed by atoms with Crippen LogP contribution >= 0.6 is 11.3 Å². The molecule has 0 amide bonds. The molecule has 0 spiro atoms. The smallest absolute Gasteiger partial charge is 0.165 e. The molecule has 1 aliphatic rings. The van der Waals surface area contributed by atoms with Crippen molar-refractivity contribution in [3.05, 3.63) is 185 Å². The molecule has 2 aromatic heterocycles. The van der Waals surface area contributed by atoms with Crippen molar-refractivity contribution >= 4 is 21.4 Å². The van der Waals surface area contributed by atoms with E-state index in [1.165, 1.54) is 27.6 Å². The maximum Gasteiger partial charge on any atom is 0.165 e. The van der Waals surface area contributed by atoms with E-state index in [2.05, 4.69) is 90.3 Å². The predicted octanol–water partition coefficient (Wildman–Crippen LogP) is 10.3. The van der Waals surface area contributed by atoms with Gasteiger partial charge in [0.15, 0.2) is 17.5 Å². The van der Waals surface area contributed by atoms with Crippen LogP contribution in [0.25, 0.3) is 55.4 Å². The standard InChI is InChI=1S/C43H26N4S/c44-27-28-20-22-32(23-21-28)43(31-16-8-3-9-17-31)36-19-11-10-18-33(36)38-34-24-25-48-39(34)35(26-37(38)43)42-46-40(29-12-4-1-5-13-29)45-41(47-42)30-14-6-2-7-15-30/h1-26H. The minimum absolute atomic E-state index is 0.634. The second-order valence-corrected chi connectivity index (χ2v) is 12.8. The number of rotatable bonds is 5. The highest BCUT2D eigenvalue weighted by Gasteiger charge is 2.47. The first kappa shape index (κ1) is 28.0. The quantitative estimate of drug-likeness (QED) is 0.190. The second kappa shape index (κ2) is 11.2. The fourth-order valence-electron chi connectivity index (χ4n) is 7.27. The molecule has 6 aromatic carbocycles. The summed E-state index contributed by atoms with van der Waals surface area (Å²) in [6, 6.07) is 54.6. The molecule has 4 nitrogen and oxygen atoms in total. The molecule has 0 aliphatic heterocycles. The van der Waals surface area contributed by atoms with Crippen LogP contribution in [0, 0.1) is 11.3 Å². The fourth-order valence-corrected chi connectivity index (χ4v) is 8.18. The van der Waals surface area contributed by atoms with E-state index in [1.807, 2.05) is 72.8 Å². The van der Waals surface area contributed by atoms with Gasteiger partial charge in [-0.05, 0) is 63.0 Å². The maximum atomic E-state index is 9.69. The summed E-state index contributed by atoms with van der Waals surface area (Å²) in [5, 5.41) is 13.0. The zero-order chi connectivity index (χ0) is 32.1. The van der Waals surface area contributed by atoms with Gasteiger partial charge >= 0.3 is 0 Å². The van der Waals surface area contributed by atoms with Gasteiger partial charge in [-0.1, -0.05) is 127 Å². The Labute approximate surface area is 282 Å². The molecule has 224 valence electrons. The highest BCUT2D eigenvalue weighted by atomic mass is 32.1. The molecule has 0 fully saturated rings. The molecule has 0 radical (unpaired) electrons. The van der Waals surface area contributed by atoms with E-state index in [0.717, 1.165) is 32.5 Å². The van der Waals surface area contributed by atoms with Gasteiger partial charge in [0, 0.05) is 26.8 Å². The summed E-state index contributed by atoms with van der Waals surface area (Å²) in [6.45, 7) is 0. The Morgan fingerprint density at radius 3 is 1.73 bits per heavy atom. The monoisotopic (exact) mass is 630 g/mol. The summed E-state index contributed by atoms with van der Waals surface area (Å²) in [4.78, 5) is 15.3. The van der Waals surface area contributed by atoms with Crippen LogP contribution in [-0.4, -0.2) is 15.0 Å². The Kier molecular flexibility index (Phi) is 6.56. The third kappa shape index (κ3) is 4.24. The van der Waals surface area contributed by atoms with Crippen molar-refractivity contribution in [2.45, 2.75) is 5.41 Å². The van der Waals surface area contributed by atoms with Crippen LogP contribution in [0.3, 0.4) is 0 Å². The number of hydrogen-bond donors (Lipinski definition) is 0. The highest BCUT2D eigenvalue weighted by molar-refractivity contribution is 7.17. The number of nitriles is 1. The molecule has 48 heavy (non-hydrogen) atoms. The number of hydrogen-bond acceptors (Lipinski definition) is 5. The number of aromatic nitrogens is 3. The van der Waals surface area contributed by atoms with Crippen LogP contribution in [-0.2, 0) is 5.41 Å². The number of benzene rings is 6. The molecule has 1 aliphatic carbocycles. The maximum absolute atomic E-state index is 9.69. The third-order valence-corrected chi connectivity index (χ3v) is 10.3. The van der Waals surface area contributed by atoms with Gasteiger partial charge in [0.25, 0.3) is 0 Å². The van der Waals surface area contributed by atoms with Crippen molar-refractivity contribution in [1.82, 2.24) is 15.0 Å². The summed E-state index contributed by atoms with van der Waals surface area (Å²) in [6.07, 6.45) is 0. The van der Waals surface area contributed by atoms with Gasteiger partial charge in [0.2, 0.25) is 0 Å². The van der Waals surface area contributed by atoms with Crippen molar-refractivity contribution in [2.24, 2.45) is 0 Å². The number of nitrogens with zero attached hydrogens (tertiary/aromatic N) is 4. The van der Waals surface area contributed by atoms with Gasteiger partial charge in [0.1, 0.15) is 0 Å². The van der Waals surface area contributed by atoms with Gasteiger partial charge in [-0.2, -0.15) is 5.26 Å². The van der Waals surface area contributed by atoms with Crippen LogP contribution < -0.4 is 0 Å². The Hall–Kier alpha value is -6.22. The average molecular weight is 631 g/mol. The van der Waals surface area contributed by atoms with E-state index >= 15 is 0 Å². The van der Waals surface area contributed by atoms with Crippen LogP contribution in [0.1, 0.15) is 27.8 Å². The summed E-state index contributed by atoms with van der Waals surface area (Å²) >= 11 is 1.71. The molecular weight excluding hydrogens is 605 g/mol. The molecule has 1 atom stereocenters. The minimum Gasteiger partial charge on any atom is -0.208 e. The molecule has 8 aromatic rings. The first-order valence-electron chi connectivity index (χ1n) is 15.8. The Morgan fingerprint density at radius 1 is 0.521 bits per heavy atom. The third-order valence-electron chi connectivity index (χ3n) is 9.34. The lowest BCUT2D eigenvalue weighted by Gasteiger charge is -2.34. The first-order valence-corrected chi connectivity index (χ1v) is 16.7. The Balaban J connectivity index is 1.40. The zero-order valence-electron chi connectivity index (χ0n) is 25.7. The minimum atomic E-state index is -0.635. The lowest BCUT2D eigenvalue weighted by Crippen LogP contribution is -2.28. The van der Waals surface area contributed by atoms with E-state index in [4.69, 9.17) is 15.0 Å². The predicted molar refractivity (Wildman–Crippen MR) is 194 cm³/mol. The van der Waals surface area contributed by atoms with Crippen molar-refractivity contribution in [3.8, 4) is 51.4 Å². The molecule has 0 N–H and O–H groups in total. The second-order valence-electron chi connectivity index (χ2n) is 11.9. The highest BCUT2D eigenvalue weighted by Crippen LogP contribution is 2.59. The SMILES string of the molecule is N#Cc1ccc(C2(c3ccccc3)c3ccccc3-c3c2cc(-c2nc(-c4ccccc4)nc(-c4ccccc4)n2)c2sccc32)cc1. The summed E-state index contributed by atoms with van der Waals surface area (Å²) in [7, 11) is 0. The van der Waals surface area contributed by atoms with E-state index in [9.17, 15) is 5.26 Å². The fraction of sp³-hybridized carbons (Fsp3) is 0.0233. The molecule has 0 bridgehead atoms. The summed E-state index contributed by atoms with van der Waals surface area (Å²) < 4.78 is 1.14. The van der Waals surface area contributed by atoms with Gasteiger partial charge in [-0.15, -0.1) is 11.3 Å². The molecule has 9 rings (SSSR count). The van der Waals surface area contributed by atoms with Gasteiger partial charge < -0.3 is 0 Å². The van der Waals surface area contributed by atoms with Crippen molar-refractivity contribution in [3.63, 3.8) is 0 Å². The lowest BCUT2D eigenvalue weighted by atomic mass is 9.67. The molecule has 0 saturated heterocycles. The lowest BCUT2D eigenvalue weighted by molar-refractivity contribution is 0.769. The van der Waals surface area contributed by atoms with E-state index < -0.39 is 5.41 Å². The van der Waals surface area contributed by atoms with Crippen LogP contribution in [0.2, 0.25) is 0 Å². The van der Waals surface area contributed by atoms with Crippen LogP contribution in [0.15, 0.2) is 157 Å². The largest absolute Gasteiger partial charge is 0.208 e. The summed E-state index contributed by atoms with van der Waals surface area (Å²) in [5.41, 5.74) is 9.92. The Bertz CT molecular complexity index is 2440. The molecule has 0 saturated carbocycles. The van der Waals surface area contributed by atoms with E-state index in [1.54, 1.807) is 11.3 Å². The molecular formula is C43H26N4S. The first-order chi connectivity index (χ1) is 23.8. The summed E-state index contributed by atoms with van der Waals surface area (Å²) in [5.74, 6) is 1.90. The number of fused-ring (bicyclic) bond motifs is 5. The van der Waals surface area contributed by atoms with Crippen molar-refractivity contribution < 1.29 is 0 Å². The zero-order valence-corrected chi connectivity index (χ0v) is 26.5. The van der Waals surface area contributed by atoms with Gasteiger partial charge in [0.05, 0.1) is 17.0 Å². The van der Waals surface area contributed by atoms with E-state index in [0.29, 0.717) is 23.0 Å². The molecule has 2 heterocycles. The van der Waals surface area contributed by atoms with Crippen LogP contribution in [0.5, 0.6) is 0 Å². The van der Waals surface area contributed by atoms with Gasteiger partial charge in [-0.3, -0.25) is 0 Å². The normalized spacial score (nSPS) is 14.7. The number of thiophene rings is 1. The van der Waals surface area contributed by atoms with E-state index in [-0.39, 0.29) is 0 Å². The van der Waals surface area contributed by atoms with Crippen molar-refractivity contribution in [1.29, 1.82) is 5.26 Å². The average Bonchev–Trinajstić information content (AvgIpc) is 3.77. The molecule has 5 heteroatoms. The van der Waals surface area contributed by atoms with Gasteiger partial charge in [-0.25, -0.2) is 15.0 Å². The topological polar surface area (TPSA) is 62.5 Å². The van der Waals surface area contributed by atoms with Crippen molar-refractivity contribution in [2.75, 3.05) is 0 Å². The Morgan fingerprint density at radius 2 is 1.08 bits per heavy atom. The molecule has 1 unspecified atom stereocenters. The van der Waals surface area contributed by atoms with Crippen LogP contribution in [0.4, 0.5) is 0 Å².